The zero-order valence-corrected chi connectivity index (χ0v) is 6.83. The second kappa shape index (κ2) is 4.71. The Morgan fingerprint density at radius 3 is 1.88 bits per heavy atom. The molecule has 0 rings (SSSR count). The average Bonchev–Trinajstić information content (AvgIpc) is 1.65. The largest absolute Gasteiger partial charge is 0.362 e. The molecule has 3 N–H and O–H groups in total. The average molecular weight is 131 g/mol. The third kappa shape index (κ3) is 3.74. The molecule has 0 amide bonds. The fourth-order valence-corrected chi connectivity index (χ4v) is 0.346. The molecular formula is C4H13N3Si. The van der Waals surface area contributed by atoms with E-state index in [4.69, 9.17) is 5.53 Å². The Kier molecular flexibility index (Phi) is 6.19. The van der Waals surface area contributed by atoms with E-state index >= 15 is 0 Å². The second-order valence-electron chi connectivity index (χ2n) is 1.90. The van der Waals surface area contributed by atoms with E-state index in [1.54, 1.807) is 0 Å². The zero-order chi connectivity index (χ0) is 5.86. The van der Waals surface area contributed by atoms with Crippen molar-refractivity contribution in [2.24, 2.45) is 0 Å². The van der Waals surface area contributed by atoms with Crippen molar-refractivity contribution < 1.29 is 4.79 Å². The molecule has 0 aliphatic carbocycles. The monoisotopic (exact) mass is 131 g/mol. The lowest BCUT2D eigenvalue weighted by atomic mass is 10.9. The fourth-order valence-electron chi connectivity index (χ4n) is 0.115. The summed E-state index contributed by atoms with van der Waals surface area (Å²) >= 11 is 0. The highest BCUT2D eigenvalue weighted by Crippen LogP contribution is 1.77. The van der Waals surface area contributed by atoms with Gasteiger partial charge in [0.2, 0.25) is 5.33 Å². The van der Waals surface area contributed by atoms with Crippen molar-refractivity contribution in [3.63, 3.8) is 0 Å². The van der Waals surface area contributed by atoms with Crippen LogP contribution in [0.25, 0.3) is 5.53 Å². The van der Waals surface area contributed by atoms with Gasteiger partial charge in [-0.25, -0.2) is 0 Å². The van der Waals surface area contributed by atoms with Gasteiger partial charge in [0, 0.05) is 6.92 Å². The quantitative estimate of drug-likeness (QED) is 0.244. The molecule has 4 heteroatoms. The second-order valence-corrected chi connectivity index (χ2v) is 5.04. The van der Waals surface area contributed by atoms with Crippen molar-refractivity contribution in [3.05, 3.63) is 5.53 Å². The van der Waals surface area contributed by atoms with Crippen LogP contribution in [0.2, 0.25) is 13.1 Å². The standard InChI is InChI=1S/C4H10N2Si.H3N/c1-4(6-5)7(2)3;/h7H,1-3H3;1H3. The SMILES string of the molecule is CC(=[N+]=[N-])[SiH](C)C.N. The smallest absolute Gasteiger partial charge is 0.230 e. The molecule has 0 aliphatic heterocycles. The van der Waals surface area contributed by atoms with Crippen LogP contribution in [0.1, 0.15) is 6.92 Å². The molecule has 3 nitrogen and oxygen atoms in total. The van der Waals surface area contributed by atoms with E-state index in [1.165, 1.54) is 0 Å². The van der Waals surface area contributed by atoms with Crippen molar-refractivity contribution in [2.45, 2.75) is 20.0 Å². The normalized spacial score (nSPS) is 7.50. The fraction of sp³-hybridized carbons (Fsp3) is 0.750. The lowest BCUT2D eigenvalue weighted by Crippen LogP contribution is -2.14. The van der Waals surface area contributed by atoms with Gasteiger partial charge in [-0.2, -0.15) is 4.79 Å². The molecule has 0 radical (unpaired) electrons. The molecule has 0 heterocycles. The Hall–Kier alpha value is -0.443. The van der Waals surface area contributed by atoms with E-state index in [-0.39, 0.29) is 6.15 Å². The van der Waals surface area contributed by atoms with Crippen molar-refractivity contribution in [1.29, 1.82) is 0 Å². The first-order valence-corrected chi connectivity index (χ1v) is 5.25. The van der Waals surface area contributed by atoms with Gasteiger partial charge in [-0.3, -0.25) is 0 Å². The van der Waals surface area contributed by atoms with Gasteiger partial charge in [-0.05, 0) is 0 Å². The summed E-state index contributed by atoms with van der Waals surface area (Å²) in [6.07, 6.45) is 0. The Balaban J connectivity index is 0. The highest BCUT2D eigenvalue weighted by molar-refractivity contribution is 6.87. The van der Waals surface area contributed by atoms with Gasteiger partial charge in [0.05, 0.1) is 0 Å². The Bertz CT molecular complexity index is 104. The van der Waals surface area contributed by atoms with Gasteiger partial charge in [0.25, 0.3) is 0 Å². The highest BCUT2D eigenvalue weighted by atomic mass is 28.3. The summed E-state index contributed by atoms with van der Waals surface area (Å²) in [5, 5.41) is 0.917. The van der Waals surface area contributed by atoms with E-state index in [0.29, 0.717) is 0 Å². The number of rotatable bonds is 1. The molecule has 0 bridgehead atoms. The summed E-state index contributed by atoms with van der Waals surface area (Å²) in [6, 6.07) is 0. The molecule has 0 atom stereocenters. The molecule has 0 spiro atoms. The van der Waals surface area contributed by atoms with Gasteiger partial charge in [-0.1, -0.05) is 13.1 Å². The first-order valence-electron chi connectivity index (χ1n) is 2.37. The van der Waals surface area contributed by atoms with E-state index < -0.39 is 8.80 Å². The molecular weight excluding hydrogens is 118 g/mol. The topological polar surface area (TPSA) is 71.4 Å². The molecule has 0 unspecified atom stereocenters. The first kappa shape index (κ1) is 10.5. The van der Waals surface area contributed by atoms with E-state index in [9.17, 15) is 0 Å². The minimum atomic E-state index is -0.765. The van der Waals surface area contributed by atoms with Crippen molar-refractivity contribution >= 4 is 14.1 Å². The molecule has 0 aromatic heterocycles. The minimum Gasteiger partial charge on any atom is -0.362 e. The first-order chi connectivity index (χ1) is 3.18. The maximum absolute atomic E-state index is 8.13. The number of nitrogens with zero attached hydrogens (tertiary/aromatic N) is 2. The lowest BCUT2D eigenvalue weighted by Gasteiger charge is -1.83. The van der Waals surface area contributed by atoms with Crippen LogP contribution >= 0.6 is 0 Å². The number of hydrogen-bond donors (Lipinski definition) is 1. The maximum Gasteiger partial charge on any atom is 0.230 e. The Morgan fingerprint density at radius 2 is 1.88 bits per heavy atom. The predicted octanol–water partition coefficient (Wildman–Crippen LogP) is 0.865. The molecule has 0 saturated carbocycles. The molecule has 48 valence electrons. The van der Waals surface area contributed by atoms with Crippen molar-refractivity contribution in [2.75, 3.05) is 0 Å². The minimum absolute atomic E-state index is 0. The Morgan fingerprint density at radius 1 is 1.50 bits per heavy atom. The highest BCUT2D eigenvalue weighted by Gasteiger charge is 2.05. The van der Waals surface area contributed by atoms with Gasteiger partial charge in [0.1, 0.15) is 0 Å². The molecule has 0 aromatic rings. The van der Waals surface area contributed by atoms with E-state index in [1.807, 2.05) is 6.92 Å². The van der Waals surface area contributed by atoms with Crippen LogP contribution < -0.4 is 6.15 Å². The van der Waals surface area contributed by atoms with Gasteiger partial charge < -0.3 is 11.7 Å². The molecule has 0 saturated heterocycles. The van der Waals surface area contributed by atoms with Crippen LogP contribution in [0.5, 0.6) is 0 Å². The third-order valence-corrected chi connectivity index (χ3v) is 2.78. The lowest BCUT2D eigenvalue weighted by molar-refractivity contribution is -0.00158. The zero-order valence-electron chi connectivity index (χ0n) is 5.68. The summed E-state index contributed by atoms with van der Waals surface area (Å²) < 4.78 is 0. The van der Waals surface area contributed by atoms with E-state index in [0.717, 1.165) is 5.33 Å². The molecule has 0 fully saturated rings. The van der Waals surface area contributed by atoms with Gasteiger partial charge >= 0.3 is 0 Å². The van der Waals surface area contributed by atoms with Gasteiger partial charge in [0.15, 0.2) is 8.80 Å². The molecule has 0 aliphatic rings. The van der Waals surface area contributed by atoms with Crippen molar-refractivity contribution in [1.82, 2.24) is 6.15 Å². The van der Waals surface area contributed by atoms with Gasteiger partial charge in [-0.15, -0.1) is 0 Å². The Labute approximate surface area is 51.5 Å². The maximum atomic E-state index is 8.13. The van der Waals surface area contributed by atoms with Crippen LogP contribution in [0, 0.1) is 0 Å². The van der Waals surface area contributed by atoms with Crippen molar-refractivity contribution in [3.8, 4) is 0 Å². The van der Waals surface area contributed by atoms with Crippen LogP contribution in [0.4, 0.5) is 0 Å². The van der Waals surface area contributed by atoms with Crippen LogP contribution in [-0.4, -0.2) is 18.9 Å². The van der Waals surface area contributed by atoms with Crippen LogP contribution in [0.3, 0.4) is 0 Å². The predicted molar refractivity (Wildman–Crippen MR) is 38.2 cm³/mol. The third-order valence-electron chi connectivity index (χ3n) is 0.993. The summed E-state index contributed by atoms with van der Waals surface area (Å²) in [5.41, 5.74) is 8.13. The number of hydrogen-bond acceptors (Lipinski definition) is 1. The summed E-state index contributed by atoms with van der Waals surface area (Å²) in [7, 11) is -0.765. The summed E-state index contributed by atoms with van der Waals surface area (Å²) in [5.74, 6) is 0. The van der Waals surface area contributed by atoms with Crippen LogP contribution in [-0.2, 0) is 0 Å². The summed E-state index contributed by atoms with van der Waals surface area (Å²) in [4.78, 5) is 3.07. The molecule has 0 aromatic carbocycles. The van der Waals surface area contributed by atoms with Crippen LogP contribution in [0.15, 0.2) is 0 Å². The van der Waals surface area contributed by atoms with E-state index in [2.05, 4.69) is 17.9 Å². The molecule has 8 heavy (non-hydrogen) atoms. The summed E-state index contributed by atoms with van der Waals surface area (Å²) in [6.45, 7) is 6.10.